The summed E-state index contributed by atoms with van der Waals surface area (Å²) in [6.45, 7) is 2.19. The molecular weight excluding hydrogens is 274 g/mol. The summed E-state index contributed by atoms with van der Waals surface area (Å²) in [6, 6.07) is 8.24. The third-order valence-electron chi connectivity index (χ3n) is 3.98. The van der Waals surface area contributed by atoms with Crippen LogP contribution in [0.1, 0.15) is 50.2 Å². The first-order chi connectivity index (χ1) is 10.6. The molecule has 0 spiro atoms. The van der Waals surface area contributed by atoms with E-state index in [-0.39, 0.29) is 5.91 Å². The fraction of sp³-hybridized carbons (Fsp3) is 0.444. The molecule has 1 aromatic carbocycles. The van der Waals surface area contributed by atoms with E-state index in [9.17, 15) is 4.79 Å². The molecular formula is C18H25N3O. The summed E-state index contributed by atoms with van der Waals surface area (Å²) >= 11 is 0. The maximum Gasteiger partial charge on any atom is 0.217 e. The Hall–Kier alpha value is -2.10. The average molecular weight is 299 g/mol. The lowest BCUT2D eigenvalue weighted by Gasteiger charge is -2.10. The second kappa shape index (κ2) is 7.78. The molecule has 2 aromatic rings. The number of nitrogens with two attached hydrogens (primary N) is 2. The van der Waals surface area contributed by atoms with E-state index in [0.29, 0.717) is 12.2 Å². The lowest BCUT2D eigenvalue weighted by Crippen LogP contribution is -2.10. The Balaban J connectivity index is 2.24. The molecule has 0 aliphatic heterocycles. The Bertz CT molecular complexity index is 652. The van der Waals surface area contributed by atoms with Crippen molar-refractivity contribution in [3.63, 3.8) is 0 Å². The molecule has 0 saturated carbocycles. The largest absolute Gasteiger partial charge is 0.383 e. The number of carbonyl (C=O) groups is 1. The molecule has 2 rings (SSSR count). The zero-order chi connectivity index (χ0) is 15.9. The van der Waals surface area contributed by atoms with Crippen LogP contribution in [0.2, 0.25) is 0 Å². The molecule has 0 radical (unpaired) electrons. The third-order valence-corrected chi connectivity index (χ3v) is 3.98. The van der Waals surface area contributed by atoms with Gasteiger partial charge >= 0.3 is 0 Å². The molecule has 0 aliphatic rings. The van der Waals surface area contributed by atoms with Crippen molar-refractivity contribution < 1.29 is 4.79 Å². The van der Waals surface area contributed by atoms with Gasteiger partial charge in [-0.2, -0.15) is 0 Å². The quantitative estimate of drug-likeness (QED) is 0.733. The maximum atomic E-state index is 10.9. The van der Waals surface area contributed by atoms with E-state index in [0.717, 1.165) is 42.1 Å². The maximum absolute atomic E-state index is 10.9. The number of unbranched alkanes of at least 4 members (excludes halogenated alkanes) is 2. The van der Waals surface area contributed by atoms with E-state index in [1.807, 2.05) is 12.1 Å². The van der Waals surface area contributed by atoms with Crippen molar-refractivity contribution in [2.45, 2.75) is 51.9 Å². The lowest BCUT2D eigenvalue weighted by molar-refractivity contribution is -0.118. The SMILES string of the molecule is CCCCCc1cc2c(CCCC(N)=O)cccc2nc1N. The van der Waals surface area contributed by atoms with Gasteiger partial charge in [-0.3, -0.25) is 4.79 Å². The van der Waals surface area contributed by atoms with E-state index in [1.54, 1.807) is 0 Å². The first-order valence-corrected chi connectivity index (χ1v) is 8.07. The molecule has 22 heavy (non-hydrogen) atoms. The van der Waals surface area contributed by atoms with Crippen LogP contribution >= 0.6 is 0 Å². The Morgan fingerprint density at radius 2 is 1.91 bits per heavy atom. The van der Waals surface area contributed by atoms with E-state index >= 15 is 0 Å². The fourth-order valence-corrected chi connectivity index (χ4v) is 2.75. The van der Waals surface area contributed by atoms with Gasteiger partial charge in [-0.15, -0.1) is 0 Å². The number of benzene rings is 1. The number of nitrogen functional groups attached to an aromatic ring is 1. The van der Waals surface area contributed by atoms with Gasteiger partial charge in [0, 0.05) is 11.8 Å². The number of anilines is 1. The molecule has 4 heteroatoms. The minimum absolute atomic E-state index is 0.247. The number of hydrogen-bond acceptors (Lipinski definition) is 3. The predicted octanol–water partition coefficient (Wildman–Crippen LogP) is 3.36. The van der Waals surface area contributed by atoms with Gasteiger partial charge in [0.25, 0.3) is 0 Å². The number of carbonyl (C=O) groups excluding carboxylic acids is 1. The minimum Gasteiger partial charge on any atom is -0.383 e. The topological polar surface area (TPSA) is 82.0 Å². The zero-order valence-corrected chi connectivity index (χ0v) is 13.3. The summed E-state index contributed by atoms with van der Waals surface area (Å²) in [5, 5.41) is 1.15. The highest BCUT2D eigenvalue weighted by molar-refractivity contribution is 5.84. The number of aromatic nitrogens is 1. The molecule has 1 heterocycles. The molecule has 4 nitrogen and oxygen atoms in total. The summed E-state index contributed by atoms with van der Waals surface area (Å²) in [6.07, 6.45) is 6.53. The number of nitrogens with zero attached hydrogens (tertiary/aromatic N) is 1. The van der Waals surface area contributed by atoms with Crippen molar-refractivity contribution in [3.8, 4) is 0 Å². The molecule has 0 saturated heterocycles. The summed E-state index contributed by atoms with van der Waals surface area (Å²) in [7, 11) is 0. The molecule has 0 bridgehead atoms. The summed E-state index contributed by atoms with van der Waals surface area (Å²) in [5.74, 6) is 0.390. The Morgan fingerprint density at radius 3 is 2.64 bits per heavy atom. The van der Waals surface area contributed by atoms with Crippen LogP contribution in [-0.2, 0) is 17.6 Å². The number of aryl methyl sites for hydroxylation is 2. The molecule has 1 aromatic heterocycles. The minimum atomic E-state index is -0.247. The highest BCUT2D eigenvalue weighted by Crippen LogP contribution is 2.24. The standard InChI is InChI=1S/C18H25N3O/c1-2-3-4-7-14-12-15-13(9-6-11-17(19)22)8-5-10-16(15)21-18(14)20/h5,8,10,12H,2-4,6-7,9,11H2,1H3,(H2,19,22)(H2,20,21). The highest BCUT2D eigenvalue weighted by atomic mass is 16.1. The van der Waals surface area contributed by atoms with Gasteiger partial charge in [-0.05, 0) is 48.9 Å². The molecule has 1 amide bonds. The molecule has 0 fully saturated rings. The van der Waals surface area contributed by atoms with Crippen molar-refractivity contribution in [2.75, 3.05) is 5.73 Å². The Kier molecular flexibility index (Phi) is 5.75. The molecule has 4 N–H and O–H groups in total. The number of fused-ring (bicyclic) bond motifs is 1. The number of primary amides is 1. The smallest absolute Gasteiger partial charge is 0.217 e. The van der Waals surface area contributed by atoms with Crippen LogP contribution in [0.3, 0.4) is 0 Å². The average Bonchev–Trinajstić information content (AvgIpc) is 2.48. The van der Waals surface area contributed by atoms with Gasteiger partial charge in [0.2, 0.25) is 5.91 Å². The lowest BCUT2D eigenvalue weighted by atomic mass is 9.99. The second-order valence-electron chi connectivity index (χ2n) is 5.79. The van der Waals surface area contributed by atoms with Crippen LogP contribution in [-0.4, -0.2) is 10.9 Å². The van der Waals surface area contributed by atoms with Crippen molar-refractivity contribution in [1.82, 2.24) is 4.98 Å². The molecule has 0 unspecified atom stereocenters. The fourth-order valence-electron chi connectivity index (χ4n) is 2.75. The first kappa shape index (κ1) is 16.3. The van der Waals surface area contributed by atoms with Gasteiger partial charge in [0.1, 0.15) is 5.82 Å². The second-order valence-corrected chi connectivity index (χ2v) is 5.79. The predicted molar refractivity (Wildman–Crippen MR) is 91.5 cm³/mol. The summed E-state index contributed by atoms with van der Waals surface area (Å²) < 4.78 is 0. The van der Waals surface area contributed by atoms with Crippen molar-refractivity contribution >= 4 is 22.6 Å². The van der Waals surface area contributed by atoms with Crippen molar-refractivity contribution in [1.29, 1.82) is 0 Å². The zero-order valence-electron chi connectivity index (χ0n) is 13.3. The summed E-state index contributed by atoms with van der Waals surface area (Å²) in [5.41, 5.74) is 14.6. The van der Waals surface area contributed by atoms with Crippen LogP contribution in [0.15, 0.2) is 24.3 Å². The van der Waals surface area contributed by atoms with Crippen LogP contribution in [0, 0.1) is 0 Å². The Morgan fingerprint density at radius 1 is 1.14 bits per heavy atom. The Labute approximate surface area is 131 Å². The van der Waals surface area contributed by atoms with E-state index in [4.69, 9.17) is 11.5 Å². The number of hydrogen-bond donors (Lipinski definition) is 2. The summed E-state index contributed by atoms with van der Waals surface area (Å²) in [4.78, 5) is 15.4. The van der Waals surface area contributed by atoms with Crippen molar-refractivity contribution in [3.05, 3.63) is 35.4 Å². The van der Waals surface area contributed by atoms with E-state index in [2.05, 4.69) is 24.0 Å². The third kappa shape index (κ3) is 4.20. The van der Waals surface area contributed by atoms with Crippen LogP contribution in [0.25, 0.3) is 10.9 Å². The van der Waals surface area contributed by atoms with Gasteiger partial charge < -0.3 is 11.5 Å². The monoisotopic (exact) mass is 299 g/mol. The number of pyridine rings is 1. The van der Waals surface area contributed by atoms with Gasteiger partial charge in [-0.25, -0.2) is 4.98 Å². The van der Waals surface area contributed by atoms with Gasteiger partial charge in [0.15, 0.2) is 0 Å². The number of amides is 1. The van der Waals surface area contributed by atoms with Crippen molar-refractivity contribution in [2.24, 2.45) is 5.73 Å². The van der Waals surface area contributed by atoms with E-state index in [1.165, 1.54) is 18.4 Å². The molecule has 118 valence electrons. The van der Waals surface area contributed by atoms with Gasteiger partial charge in [0.05, 0.1) is 5.52 Å². The molecule has 0 aliphatic carbocycles. The van der Waals surface area contributed by atoms with Gasteiger partial charge in [-0.1, -0.05) is 31.9 Å². The van der Waals surface area contributed by atoms with E-state index < -0.39 is 0 Å². The highest BCUT2D eigenvalue weighted by Gasteiger charge is 2.08. The van der Waals surface area contributed by atoms with Crippen LogP contribution < -0.4 is 11.5 Å². The van der Waals surface area contributed by atoms with Crippen LogP contribution in [0.5, 0.6) is 0 Å². The van der Waals surface area contributed by atoms with Crippen LogP contribution in [0.4, 0.5) is 5.82 Å². The molecule has 0 atom stereocenters. The first-order valence-electron chi connectivity index (χ1n) is 8.07. The number of rotatable bonds is 8. The normalized spacial score (nSPS) is 11.0.